The number of nitro groups is 1. The predicted molar refractivity (Wildman–Crippen MR) is 62.2 cm³/mol. The van der Waals surface area contributed by atoms with Gasteiger partial charge in [-0.2, -0.15) is 0 Å². The Balaban J connectivity index is 2.21. The van der Waals surface area contributed by atoms with Crippen LogP contribution < -0.4 is 0 Å². The van der Waals surface area contributed by atoms with Gasteiger partial charge in [-0.3, -0.25) is 10.1 Å². The van der Waals surface area contributed by atoms with E-state index in [1.807, 2.05) is 0 Å². The van der Waals surface area contributed by atoms with Crippen molar-refractivity contribution in [2.24, 2.45) is 5.92 Å². The summed E-state index contributed by atoms with van der Waals surface area (Å²) in [5.41, 5.74) is 0.477. The standard InChI is InChI=1S/C11H11BrFNO2/c12-10(7-1-2-7)5-8-3-4-9(13)6-11(8)14(15)16/h3-4,6-7,10H,1-2,5H2. The van der Waals surface area contributed by atoms with Crippen LogP contribution in [-0.2, 0) is 6.42 Å². The zero-order chi connectivity index (χ0) is 11.7. The number of halogens is 2. The summed E-state index contributed by atoms with van der Waals surface area (Å²) in [6, 6.07) is 3.76. The monoisotopic (exact) mass is 287 g/mol. The molecular weight excluding hydrogens is 277 g/mol. The third-order valence-corrected chi connectivity index (χ3v) is 3.86. The quantitative estimate of drug-likeness (QED) is 0.484. The van der Waals surface area contributed by atoms with Crippen molar-refractivity contribution in [3.05, 3.63) is 39.7 Å². The zero-order valence-corrected chi connectivity index (χ0v) is 10.1. The van der Waals surface area contributed by atoms with E-state index >= 15 is 0 Å². The highest BCUT2D eigenvalue weighted by Crippen LogP contribution is 2.39. The molecule has 0 saturated heterocycles. The van der Waals surface area contributed by atoms with Crippen molar-refractivity contribution in [3.8, 4) is 0 Å². The molecule has 0 amide bonds. The van der Waals surface area contributed by atoms with Crippen LogP contribution in [0.1, 0.15) is 18.4 Å². The van der Waals surface area contributed by atoms with E-state index in [0.717, 1.165) is 6.07 Å². The van der Waals surface area contributed by atoms with Gasteiger partial charge in [-0.15, -0.1) is 0 Å². The van der Waals surface area contributed by atoms with Gasteiger partial charge in [-0.1, -0.05) is 15.9 Å². The second kappa shape index (κ2) is 4.49. The van der Waals surface area contributed by atoms with Gasteiger partial charge in [0.2, 0.25) is 0 Å². The topological polar surface area (TPSA) is 43.1 Å². The first kappa shape index (κ1) is 11.5. The molecule has 0 heterocycles. The smallest absolute Gasteiger partial charge is 0.258 e. The number of rotatable bonds is 4. The number of nitrogens with zero attached hydrogens (tertiary/aromatic N) is 1. The fraction of sp³-hybridized carbons (Fsp3) is 0.455. The zero-order valence-electron chi connectivity index (χ0n) is 8.53. The lowest BCUT2D eigenvalue weighted by atomic mass is 10.1. The summed E-state index contributed by atoms with van der Waals surface area (Å²) in [4.78, 5) is 10.5. The van der Waals surface area contributed by atoms with Crippen LogP contribution in [0.3, 0.4) is 0 Å². The molecule has 0 aromatic heterocycles. The number of benzene rings is 1. The summed E-state index contributed by atoms with van der Waals surface area (Å²) < 4.78 is 12.9. The lowest BCUT2D eigenvalue weighted by Gasteiger charge is -2.08. The van der Waals surface area contributed by atoms with E-state index in [1.165, 1.54) is 25.0 Å². The van der Waals surface area contributed by atoms with Crippen LogP contribution in [0.25, 0.3) is 0 Å². The molecule has 1 fully saturated rings. The van der Waals surface area contributed by atoms with Gasteiger partial charge in [0.05, 0.1) is 11.0 Å². The summed E-state index contributed by atoms with van der Waals surface area (Å²) in [7, 11) is 0. The number of hydrogen-bond donors (Lipinski definition) is 0. The van der Waals surface area contributed by atoms with Gasteiger partial charge < -0.3 is 0 Å². The van der Waals surface area contributed by atoms with Crippen molar-refractivity contribution < 1.29 is 9.31 Å². The van der Waals surface area contributed by atoms with Crippen molar-refractivity contribution >= 4 is 21.6 Å². The van der Waals surface area contributed by atoms with Gasteiger partial charge in [0, 0.05) is 10.4 Å². The summed E-state index contributed by atoms with van der Waals surface area (Å²) in [6.07, 6.45) is 2.93. The maximum absolute atomic E-state index is 12.9. The molecular formula is C11H11BrFNO2. The van der Waals surface area contributed by atoms with Crippen LogP contribution in [-0.4, -0.2) is 9.75 Å². The molecule has 3 nitrogen and oxygen atoms in total. The van der Waals surface area contributed by atoms with Gasteiger partial charge in [0.1, 0.15) is 5.82 Å². The molecule has 1 atom stereocenters. The Labute approximate surface area is 101 Å². The van der Waals surface area contributed by atoms with Crippen LogP contribution >= 0.6 is 15.9 Å². The first-order chi connectivity index (χ1) is 7.58. The van der Waals surface area contributed by atoms with E-state index in [1.54, 1.807) is 0 Å². The Bertz CT molecular complexity index is 420. The largest absolute Gasteiger partial charge is 0.275 e. The molecule has 0 radical (unpaired) electrons. The second-order valence-electron chi connectivity index (χ2n) is 4.09. The first-order valence-electron chi connectivity index (χ1n) is 5.15. The van der Waals surface area contributed by atoms with Gasteiger partial charge in [-0.25, -0.2) is 4.39 Å². The Morgan fingerprint density at radius 2 is 2.25 bits per heavy atom. The van der Waals surface area contributed by atoms with Crippen LogP contribution in [0.2, 0.25) is 0 Å². The maximum Gasteiger partial charge on any atom is 0.275 e. The van der Waals surface area contributed by atoms with E-state index in [9.17, 15) is 14.5 Å². The van der Waals surface area contributed by atoms with Gasteiger partial charge in [-0.05, 0) is 37.3 Å². The SMILES string of the molecule is O=[N+]([O-])c1cc(F)ccc1CC(Br)C1CC1. The number of nitro benzene ring substituents is 1. The summed E-state index contributed by atoms with van der Waals surface area (Å²) in [6.45, 7) is 0. The molecule has 1 aliphatic carbocycles. The van der Waals surface area contributed by atoms with Gasteiger partial charge >= 0.3 is 0 Å². The molecule has 1 aliphatic rings. The first-order valence-corrected chi connectivity index (χ1v) is 6.06. The van der Waals surface area contributed by atoms with Crippen LogP contribution in [0.15, 0.2) is 18.2 Å². The third kappa shape index (κ3) is 2.58. The minimum atomic E-state index is -0.562. The molecule has 1 aromatic rings. The van der Waals surface area contributed by atoms with E-state index < -0.39 is 10.7 Å². The van der Waals surface area contributed by atoms with Gasteiger partial charge in [0.15, 0.2) is 0 Å². The third-order valence-electron chi connectivity index (χ3n) is 2.79. The fourth-order valence-electron chi connectivity index (χ4n) is 1.71. The molecule has 1 unspecified atom stereocenters. The maximum atomic E-state index is 12.9. The molecule has 0 bridgehead atoms. The van der Waals surface area contributed by atoms with E-state index in [2.05, 4.69) is 15.9 Å². The molecule has 1 saturated carbocycles. The second-order valence-corrected chi connectivity index (χ2v) is 5.26. The van der Waals surface area contributed by atoms with E-state index in [0.29, 0.717) is 17.9 Å². The molecule has 86 valence electrons. The average molecular weight is 288 g/mol. The summed E-state index contributed by atoms with van der Waals surface area (Å²) >= 11 is 3.53. The minimum Gasteiger partial charge on any atom is -0.258 e. The minimum absolute atomic E-state index is 0.120. The van der Waals surface area contributed by atoms with Crippen LogP contribution in [0.5, 0.6) is 0 Å². The molecule has 2 rings (SSSR count). The van der Waals surface area contributed by atoms with E-state index in [4.69, 9.17) is 0 Å². The summed E-state index contributed by atoms with van der Waals surface area (Å²) in [5, 5.41) is 10.8. The lowest BCUT2D eigenvalue weighted by Crippen LogP contribution is -2.07. The van der Waals surface area contributed by atoms with Crippen molar-refractivity contribution in [1.29, 1.82) is 0 Å². The van der Waals surface area contributed by atoms with Crippen molar-refractivity contribution in [2.75, 3.05) is 0 Å². The summed E-state index contributed by atoms with van der Waals surface area (Å²) in [5.74, 6) is 0.0534. The number of hydrogen-bond acceptors (Lipinski definition) is 2. The van der Waals surface area contributed by atoms with Crippen LogP contribution in [0, 0.1) is 21.8 Å². The van der Waals surface area contributed by atoms with Gasteiger partial charge in [0.25, 0.3) is 5.69 Å². The Hall–Kier alpha value is -0.970. The Kier molecular flexibility index (Phi) is 3.23. The average Bonchev–Trinajstić information content (AvgIpc) is 3.03. The Morgan fingerprint density at radius 1 is 1.56 bits per heavy atom. The van der Waals surface area contributed by atoms with Crippen LogP contribution in [0.4, 0.5) is 10.1 Å². The highest BCUT2D eigenvalue weighted by Gasteiger charge is 2.30. The van der Waals surface area contributed by atoms with Crippen molar-refractivity contribution in [3.63, 3.8) is 0 Å². The Morgan fingerprint density at radius 3 is 2.81 bits per heavy atom. The molecule has 16 heavy (non-hydrogen) atoms. The lowest BCUT2D eigenvalue weighted by molar-refractivity contribution is -0.385. The highest BCUT2D eigenvalue weighted by atomic mass is 79.9. The van der Waals surface area contributed by atoms with E-state index in [-0.39, 0.29) is 10.5 Å². The fourth-order valence-corrected chi connectivity index (χ4v) is 2.59. The molecule has 0 spiro atoms. The van der Waals surface area contributed by atoms with Crippen molar-refractivity contribution in [1.82, 2.24) is 0 Å². The molecule has 0 aliphatic heterocycles. The van der Waals surface area contributed by atoms with Crippen molar-refractivity contribution in [2.45, 2.75) is 24.1 Å². The molecule has 5 heteroatoms. The highest BCUT2D eigenvalue weighted by molar-refractivity contribution is 9.09. The molecule has 0 N–H and O–H groups in total. The number of alkyl halides is 1. The predicted octanol–water partition coefficient (Wildman–Crippen LogP) is 3.45. The molecule has 1 aromatic carbocycles. The normalized spacial score (nSPS) is 17.1.